The second-order valence-corrected chi connectivity index (χ2v) is 12.6. The fourth-order valence-electron chi connectivity index (χ4n) is 6.46. The lowest BCUT2D eigenvalue weighted by Crippen LogP contribution is -2.71. The fourth-order valence-corrected chi connectivity index (χ4v) is 6.46. The summed E-state index contributed by atoms with van der Waals surface area (Å²) < 4.78 is 43.7. The van der Waals surface area contributed by atoms with Crippen molar-refractivity contribution in [3.05, 3.63) is 0 Å². The van der Waals surface area contributed by atoms with Gasteiger partial charge in [0.15, 0.2) is 31.1 Å². The summed E-state index contributed by atoms with van der Waals surface area (Å²) >= 11 is 0. The van der Waals surface area contributed by atoms with E-state index in [-0.39, 0.29) is 0 Å². The Labute approximate surface area is 294 Å². The van der Waals surface area contributed by atoms with E-state index in [1.165, 1.54) is 7.05 Å². The highest BCUT2D eigenvalue weighted by molar-refractivity contribution is 5.65. The number of likely N-dealkylation sites (N-methyl/N-ethyl adjacent to an activating group) is 1. The number of amides is 2. The molecule has 25 heteroatoms. The van der Waals surface area contributed by atoms with E-state index in [0.717, 1.165) is 0 Å². The van der Waals surface area contributed by atoms with E-state index in [4.69, 9.17) is 55.1 Å². The van der Waals surface area contributed by atoms with Crippen molar-refractivity contribution in [1.82, 2.24) is 5.32 Å². The fraction of sp³-hybridized carbons (Fsp3) is 0.926. The summed E-state index contributed by atoms with van der Waals surface area (Å²) in [6.45, 7) is -2.26. The Balaban J connectivity index is 1.57. The maximum Gasteiger partial charge on any atom is 0.404 e. The predicted octanol–water partition coefficient (Wildman–Crippen LogP) is -9.96. The normalized spacial score (nSPS) is 47.7. The Bertz CT molecular complexity index is 1180. The number of aliphatic hydroxyl groups excluding tert-OH is 11. The third-order valence-electron chi connectivity index (χ3n) is 9.30. The third kappa shape index (κ3) is 8.84. The Morgan fingerprint density at radius 2 is 1.25 bits per heavy atom. The van der Waals surface area contributed by atoms with Crippen molar-refractivity contribution >= 4 is 12.2 Å². The van der Waals surface area contributed by atoms with Crippen LogP contribution < -0.4 is 22.5 Å². The van der Waals surface area contributed by atoms with Gasteiger partial charge in [0.25, 0.3) is 0 Å². The van der Waals surface area contributed by atoms with E-state index < -0.39 is 161 Å². The molecular weight excluding hydrogens is 716 g/mol. The Morgan fingerprint density at radius 1 is 0.712 bits per heavy atom. The van der Waals surface area contributed by atoms with Crippen LogP contribution in [0.3, 0.4) is 0 Å². The van der Waals surface area contributed by atoms with Crippen LogP contribution in [-0.4, -0.2) is 224 Å². The van der Waals surface area contributed by atoms with Crippen LogP contribution in [0, 0.1) is 0 Å². The van der Waals surface area contributed by atoms with Crippen molar-refractivity contribution in [3.8, 4) is 0 Å². The van der Waals surface area contributed by atoms with Gasteiger partial charge in [0.05, 0.1) is 31.9 Å². The monoisotopic (exact) mass is 764 g/mol. The quantitative estimate of drug-likeness (QED) is 0.0877. The van der Waals surface area contributed by atoms with Crippen LogP contribution in [0.25, 0.3) is 0 Å². The lowest BCUT2D eigenvalue weighted by Gasteiger charge is -2.50. The van der Waals surface area contributed by atoms with Crippen LogP contribution in [0.4, 0.5) is 9.59 Å². The minimum absolute atomic E-state index is 0.576. The van der Waals surface area contributed by atoms with Crippen molar-refractivity contribution in [2.24, 2.45) is 17.2 Å². The van der Waals surface area contributed by atoms with Crippen LogP contribution in [0.1, 0.15) is 0 Å². The molecule has 0 spiro atoms. The van der Waals surface area contributed by atoms with E-state index in [0.29, 0.717) is 0 Å². The van der Waals surface area contributed by atoms with Gasteiger partial charge in [0.1, 0.15) is 85.5 Å². The van der Waals surface area contributed by atoms with Crippen LogP contribution in [0.15, 0.2) is 0 Å². The summed E-state index contributed by atoms with van der Waals surface area (Å²) in [6, 6.07) is -2.78. The van der Waals surface area contributed by atoms with E-state index in [2.05, 4.69) is 5.32 Å². The number of rotatable bonds is 12. The number of hydrogen-bond donors (Lipinski definition) is 15. The summed E-state index contributed by atoms with van der Waals surface area (Å²) in [4.78, 5) is 23.7. The first kappa shape index (κ1) is 42.5. The molecule has 4 fully saturated rings. The molecule has 0 unspecified atom stereocenters. The molecule has 1 saturated carbocycles. The molecule has 3 saturated heterocycles. The summed E-state index contributed by atoms with van der Waals surface area (Å²) in [5.74, 6) is 0. The summed E-state index contributed by atoms with van der Waals surface area (Å²) in [6.07, 6.45) is -37.1. The highest BCUT2D eigenvalue weighted by Crippen LogP contribution is 2.35. The topological polar surface area (TPSA) is 421 Å². The van der Waals surface area contributed by atoms with Crippen molar-refractivity contribution in [2.45, 2.75) is 129 Å². The number of carbonyl (C=O) groups excluding carboxylic acids is 2. The summed E-state index contributed by atoms with van der Waals surface area (Å²) in [5, 5.41) is 117. The number of ether oxygens (including phenoxy) is 8. The van der Waals surface area contributed by atoms with Crippen molar-refractivity contribution < 1.29 is 104 Å². The molecule has 3 aliphatic heterocycles. The maximum atomic E-state index is 11.9. The molecular formula is C27H48N4O21. The van der Waals surface area contributed by atoms with E-state index >= 15 is 0 Å². The molecule has 2 amide bonds. The van der Waals surface area contributed by atoms with Gasteiger partial charge in [-0.1, -0.05) is 0 Å². The zero-order valence-electron chi connectivity index (χ0n) is 27.5. The molecule has 1 aliphatic carbocycles. The number of nitrogens with one attached hydrogen (secondary N) is 1. The lowest BCUT2D eigenvalue weighted by molar-refractivity contribution is -0.354. The van der Waals surface area contributed by atoms with E-state index in [1.807, 2.05) is 0 Å². The molecule has 0 aromatic heterocycles. The molecule has 21 atom stereocenters. The molecule has 0 radical (unpaired) electrons. The van der Waals surface area contributed by atoms with Gasteiger partial charge < -0.3 is 117 Å². The van der Waals surface area contributed by atoms with Gasteiger partial charge in [-0.2, -0.15) is 0 Å². The first-order valence-corrected chi connectivity index (χ1v) is 16.0. The number of nitrogens with two attached hydrogens (primary N) is 3. The predicted molar refractivity (Wildman–Crippen MR) is 160 cm³/mol. The van der Waals surface area contributed by atoms with Gasteiger partial charge >= 0.3 is 12.2 Å². The molecule has 3 heterocycles. The van der Waals surface area contributed by atoms with Crippen LogP contribution in [-0.2, 0) is 37.9 Å². The van der Waals surface area contributed by atoms with Gasteiger partial charge in [-0.3, -0.25) is 0 Å². The molecule has 25 nitrogen and oxygen atoms in total. The van der Waals surface area contributed by atoms with E-state index in [9.17, 15) is 65.8 Å². The van der Waals surface area contributed by atoms with Crippen molar-refractivity contribution in [1.29, 1.82) is 0 Å². The van der Waals surface area contributed by atoms with Gasteiger partial charge in [-0.25, -0.2) is 9.59 Å². The molecule has 18 N–H and O–H groups in total. The number of aliphatic hydroxyl groups is 11. The second-order valence-electron chi connectivity index (χ2n) is 12.6. The smallest absolute Gasteiger partial charge is 0.404 e. The van der Waals surface area contributed by atoms with Gasteiger partial charge in [0.2, 0.25) is 0 Å². The van der Waals surface area contributed by atoms with E-state index in [1.54, 1.807) is 0 Å². The van der Waals surface area contributed by atoms with Crippen LogP contribution >= 0.6 is 0 Å². The highest BCUT2D eigenvalue weighted by Gasteiger charge is 2.59. The number of hydrogen-bond acceptors (Lipinski definition) is 23. The molecule has 52 heavy (non-hydrogen) atoms. The average Bonchev–Trinajstić information content (AvgIpc) is 3.10. The number of carbonyl (C=O) groups is 2. The van der Waals surface area contributed by atoms with Gasteiger partial charge in [-0.15, -0.1) is 0 Å². The molecule has 0 aromatic rings. The second kappa shape index (κ2) is 17.9. The minimum atomic E-state index is -2.14. The number of primary amides is 2. The minimum Gasteiger partial charge on any atom is -0.441 e. The molecule has 0 aromatic carbocycles. The zero-order valence-corrected chi connectivity index (χ0v) is 27.5. The van der Waals surface area contributed by atoms with Crippen LogP contribution in [0.2, 0.25) is 0 Å². The largest absolute Gasteiger partial charge is 0.441 e. The Hall–Kier alpha value is -2.22. The van der Waals surface area contributed by atoms with Crippen molar-refractivity contribution in [2.75, 3.05) is 26.9 Å². The first-order valence-electron chi connectivity index (χ1n) is 16.0. The molecule has 4 rings (SSSR count). The lowest BCUT2D eigenvalue weighted by atomic mass is 9.83. The SMILES string of the molecule is CN[C@H]1[C@@H](O[C@H]2[C@H](O)[C@H](O[C@H]3O[C@@H](CO)[C@@H](O)[C@H](N)[C@@H]3O)[C@H](OC(N)=O)[C@H](O)[C@@H]2OC(N)=O)OC[C@H](O[C@H]2O[C@H]([C@H](O)CO)[C@@H](O)[C@H](O)[C@@H]2O)[C@@H]1O. The highest BCUT2D eigenvalue weighted by atomic mass is 16.7. The van der Waals surface area contributed by atoms with Crippen LogP contribution in [0.5, 0.6) is 0 Å². The molecule has 0 bridgehead atoms. The first-order chi connectivity index (χ1) is 24.5. The summed E-state index contributed by atoms with van der Waals surface area (Å²) in [5.41, 5.74) is 16.2. The maximum absolute atomic E-state index is 11.9. The average molecular weight is 765 g/mol. The molecule has 302 valence electrons. The van der Waals surface area contributed by atoms with Crippen molar-refractivity contribution in [3.63, 3.8) is 0 Å². The molecule has 4 aliphatic rings. The van der Waals surface area contributed by atoms with Gasteiger partial charge in [-0.05, 0) is 7.05 Å². The third-order valence-corrected chi connectivity index (χ3v) is 9.30. The van der Waals surface area contributed by atoms with Gasteiger partial charge in [0, 0.05) is 0 Å². The zero-order chi connectivity index (χ0) is 38.8. The summed E-state index contributed by atoms with van der Waals surface area (Å²) in [7, 11) is 1.33. The Kier molecular flexibility index (Phi) is 14.7. The Morgan fingerprint density at radius 3 is 1.77 bits per heavy atom. The standard InChI is InChI=1S/C27H48N4O21/c1-31-9-11(36)7(47-25-15(40)13(38)14(39)18(48-25)5(34)2-32)4-45-23(9)49-19-16(41)20(22(52-27(30)44)17(42)21(19)51-26(29)43)50-24-12(37)8(28)10(35)6(3-33)46-24/h5-25,31-42H,2-4,28H2,1H3,(H2,29,43)(H2,30,44)/t5-,6+,7+,8+,9-,10-,11+,12+,13+,14+,15+,16+,17-,18-,19+,20+,21+,22-,23-,24-,25+/m1/s1.